The van der Waals surface area contributed by atoms with E-state index in [0.717, 1.165) is 16.1 Å². The topological polar surface area (TPSA) is 92.8 Å². The molecule has 0 aliphatic heterocycles. The average molecular weight is 489 g/mol. The second-order valence-corrected chi connectivity index (χ2v) is 9.29. The van der Waals surface area contributed by atoms with E-state index in [9.17, 15) is 9.59 Å². The summed E-state index contributed by atoms with van der Waals surface area (Å²) in [5, 5.41) is 4.62. The van der Waals surface area contributed by atoms with Gasteiger partial charge in [-0.15, -0.1) is 22.7 Å². The largest absolute Gasteiger partial charge is 0.493 e. The molecule has 3 aromatic rings. The number of amides is 2. The van der Waals surface area contributed by atoms with Crippen molar-refractivity contribution in [2.45, 2.75) is 33.4 Å². The molecule has 0 unspecified atom stereocenters. The van der Waals surface area contributed by atoms with Crippen molar-refractivity contribution >= 4 is 34.5 Å². The summed E-state index contributed by atoms with van der Waals surface area (Å²) in [6.45, 7) is 5.71. The zero-order valence-corrected chi connectivity index (χ0v) is 20.6. The van der Waals surface area contributed by atoms with Crippen LogP contribution in [0.25, 0.3) is 0 Å². The third kappa shape index (κ3) is 7.85. The number of carbonyl (C=O) groups excluding carboxylic acids is 2. The van der Waals surface area contributed by atoms with Crippen molar-refractivity contribution in [1.82, 2.24) is 20.7 Å². The van der Waals surface area contributed by atoms with Gasteiger partial charge in [0.1, 0.15) is 11.6 Å². The molecule has 33 heavy (non-hydrogen) atoms. The summed E-state index contributed by atoms with van der Waals surface area (Å²) in [5.74, 6) is 0.731. The summed E-state index contributed by atoms with van der Waals surface area (Å²) >= 11 is 3.07. The highest BCUT2D eigenvalue weighted by Crippen LogP contribution is 2.29. The Morgan fingerprint density at radius 1 is 1.12 bits per heavy atom. The van der Waals surface area contributed by atoms with E-state index >= 15 is 0 Å². The molecule has 0 bridgehead atoms. The van der Waals surface area contributed by atoms with Crippen LogP contribution in [0.4, 0.5) is 0 Å². The first-order chi connectivity index (χ1) is 16.0. The Balaban J connectivity index is 1.48. The van der Waals surface area contributed by atoms with Gasteiger partial charge in [-0.05, 0) is 42.6 Å². The van der Waals surface area contributed by atoms with Crippen LogP contribution in [0, 0.1) is 6.92 Å². The van der Waals surface area contributed by atoms with E-state index in [-0.39, 0.29) is 24.8 Å². The number of hydrogen-bond acceptors (Lipinski definition) is 8. The number of aryl methyl sites for hydroxylation is 1. The van der Waals surface area contributed by atoms with Crippen molar-refractivity contribution in [2.24, 2.45) is 0 Å². The molecule has 176 valence electrons. The van der Waals surface area contributed by atoms with Crippen molar-refractivity contribution in [3.63, 3.8) is 0 Å². The molecule has 0 spiro atoms. The van der Waals surface area contributed by atoms with Gasteiger partial charge in [-0.25, -0.2) is 4.98 Å². The molecule has 2 amide bonds. The summed E-state index contributed by atoms with van der Waals surface area (Å²) in [6.07, 6.45) is 0.136. The van der Waals surface area contributed by atoms with Crippen molar-refractivity contribution in [3.8, 4) is 11.5 Å². The molecule has 0 aliphatic carbocycles. The first-order valence-corrected chi connectivity index (χ1v) is 12.3. The number of hydrogen-bond donors (Lipinski definition) is 2. The molecule has 0 aliphatic rings. The van der Waals surface area contributed by atoms with E-state index in [0.29, 0.717) is 36.2 Å². The second kappa shape index (κ2) is 12.3. The lowest BCUT2D eigenvalue weighted by Crippen LogP contribution is -2.46. The summed E-state index contributed by atoms with van der Waals surface area (Å²) < 4.78 is 11.4. The van der Waals surface area contributed by atoms with Crippen LogP contribution in [0.5, 0.6) is 11.5 Å². The molecule has 8 nitrogen and oxygen atoms in total. The Morgan fingerprint density at radius 2 is 1.94 bits per heavy atom. The van der Waals surface area contributed by atoms with Gasteiger partial charge in [-0.1, -0.05) is 19.1 Å². The average Bonchev–Trinajstić information content (AvgIpc) is 3.47. The lowest BCUT2D eigenvalue weighted by molar-refractivity contribution is -0.129. The van der Waals surface area contributed by atoms with Crippen molar-refractivity contribution in [1.29, 1.82) is 0 Å². The third-order valence-corrected chi connectivity index (χ3v) is 6.53. The number of likely N-dealkylation sites (N-methyl/N-ethyl adjacent to an activating group) is 1. The Kier molecular flexibility index (Phi) is 9.23. The van der Waals surface area contributed by atoms with E-state index in [1.807, 2.05) is 59.8 Å². The van der Waals surface area contributed by atoms with Gasteiger partial charge in [0.25, 0.3) is 5.91 Å². The summed E-state index contributed by atoms with van der Waals surface area (Å²) in [7, 11) is 1.61. The van der Waals surface area contributed by atoms with E-state index in [1.54, 1.807) is 18.4 Å². The van der Waals surface area contributed by atoms with Gasteiger partial charge >= 0.3 is 0 Å². The Morgan fingerprint density at radius 3 is 2.61 bits per heavy atom. The normalized spacial score (nSPS) is 10.8. The molecule has 10 heteroatoms. The zero-order valence-electron chi connectivity index (χ0n) is 18.9. The number of nitrogens with zero attached hydrogens (tertiary/aromatic N) is 2. The number of carbonyl (C=O) groups is 2. The van der Waals surface area contributed by atoms with E-state index in [4.69, 9.17) is 9.47 Å². The number of aromatic nitrogens is 1. The Hall–Kier alpha value is -2.95. The number of thiazole rings is 1. The first kappa shape index (κ1) is 24.7. The summed E-state index contributed by atoms with van der Waals surface area (Å²) in [5.41, 5.74) is 6.80. The SMILES string of the molecule is CCN(CC(=O)NNC(=O)Cc1nc(C)cs1)Cc1ccc(OCc2cccs2)c(OC)c1. The Labute approximate surface area is 201 Å². The fourth-order valence-corrected chi connectivity index (χ4v) is 4.44. The Bertz CT molecular complexity index is 1050. The van der Waals surface area contributed by atoms with Crippen LogP contribution < -0.4 is 20.3 Å². The fraction of sp³-hybridized carbons (Fsp3) is 0.348. The van der Waals surface area contributed by atoms with Gasteiger partial charge in [0, 0.05) is 22.5 Å². The number of nitrogens with one attached hydrogen (secondary N) is 2. The highest BCUT2D eigenvalue weighted by Gasteiger charge is 2.14. The van der Waals surface area contributed by atoms with Crippen LogP contribution in [0.3, 0.4) is 0 Å². The molecule has 0 saturated heterocycles. The minimum atomic E-state index is -0.302. The molecule has 1 aromatic carbocycles. The number of methoxy groups -OCH3 is 1. The predicted molar refractivity (Wildman–Crippen MR) is 129 cm³/mol. The molecule has 2 N–H and O–H groups in total. The highest BCUT2D eigenvalue weighted by atomic mass is 32.1. The molecule has 0 atom stereocenters. The first-order valence-electron chi connectivity index (χ1n) is 10.5. The molecule has 0 fully saturated rings. The highest BCUT2D eigenvalue weighted by molar-refractivity contribution is 7.10. The van der Waals surface area contributed by atoms with Gasteiger partial charge in [0.05, 0.1) is 20.1 Å². The van der Waals surface area contributed by atoms with Crippen LogP contribution in [0.1, 0.15) is 28.1 Å². The number of benzene rings is 1. The molecule has 0 saturated carbocycles. The van der Waals surface area contributed by atoms with Crippen molar-refractivity contribution in [2.75, 3.05) is 20.2 Å². The van der Waals surface area contributed by atoms with E-state index in [2.05, 4.69) is 15.8 Å². The van der Waals surface area contributed by atoms with Gasteiger partial charge in [0.2, 0.25) is 5.91 Å². The van der Waals surface area contributed by atoms with Gasteiger partial charge in [0.15, 0.2) is 11.5 Å². The van der Waals surface area contributed by atoms with E-state index in [1.165, 1.54) is 11.3 Å². The third-order valence-electron chi connectivity index (χ3n) is 4.72. The quantitative estimate of drug-likeness (QED) is 0.402. The maximum Gasteiger partial charge on any atom is 0.252 e. The maximum atomic E-state index is 12.3. The van der Waals surface area contributed by atoms with Crippen molar-refractivity contribution in [3.05, 3.63) is 62.2 Å². The lowest BCUT2D eigenvalue weighted by Gasteiger charge is -2.21. The minimum absolute atomic E-state index is 0.136. The van der Waals surface area contributed by atoms with Crippen LogP contribution in [0.2, 0.25) is 0 Å². The molecule has 3 rings (SSSR count). The minimum Gasteiger partial charge on any atom is -0.493 e. The standard InChI is InChI=1S/C23H28N4O4S2/c1-4-27(13-22(29)26-25-21(28)11-23-24-16(2)15-33-23)12-17-7-8-19(20(10-17)30-3)31-14-18-6-5-9-32-18/h5-10,15H,4,11-14H2,1-3H3,(H,25,28)(H,26,29). The van der Waals surface area contributed by atoms with Crippen LogP contribution in [0.15, 0.2) is 41.1 Å². The number of thiophene rings is 1. The van der Waals surface area contributed by atoms with Crippen LogP contribution in [-0.4, -0.2) is 41.9 Å². The smallest absolute Gasteiger partial charge is 0.252 e. The van der Waals surface area contributed by atoms with Gasteiger partial charge < -0.3 is 9.47 Å². The molecule has 2 heterocycles. The maximum absolute atomic E-state index is 12.3. The van der Waals surface area contributed by atoms with Gasteiger partial charge in [-0.2, -0.15) is 0 Å². The molecular weight excluding hydrogens is 460 g/mol. The van der Waals surface area contributed by atoms with E-state index < -0.39 is 0 Å². The monoisotopic (exact) mass is 488 g/mol. The zero-order chi connectivity index (χ0) is 23.6. The second-order valence-electron chi connectivity index (χ2n) is 7.31. The number of rotatable bonds is 11. The number of hydrazine groups is 1. The van der Waals surface area contributed by atoms with Gasteiger partial charge in [-0.3, -0.25) is 25.3 Å². The van der Waals surface area contributed by atoms with Crippen LogP contribution >= 0.6 is 22.7 Å². The predicted octanol–water partition coefficient (Wildman–Crippen LogP) is 3.31. The lowest BCUT2D eigenvalue weighted by atomic mass is 10.2. The van der Waals surface area contributed by atoms with Crippen LogP contribution in [-0.2, 0) is 29.2 Å². The molecular formula is C23H28N4O4S2. The molecule has 2 aromatic heterocycles. The fourth-order valence-electron chi connectivity index (χ4n) is 3.06. The number of ether oxygens (including phenoxy) is 2. The molecule has 0 radical (unpaired) electrons. The summed E-state index contributed by atoms with van der Waals surface area (Å²) in [4.78, 5) is 31.7. The van der Waals surface area contributed by atoms with Crippen molar-refractivity contribution < 1.29 is 19.1 Å². The summed E-state index contributed by atoms with van der Waals surface area (Å²) in [6, 6.07) is 9.79.